The largest absolute Gasteiger partial charge is 0.311 e. The lowest BCUT2D eigenvalue weighted by molar-refractivity contribution is 1.28. The molecule has 180 valence electrons. The van der Waals surface area contributed by atoms with Crippen LogP contribution in [0.15, 0.2) is 158 Å². The number of anilines is 6. The number of rotatable bonds is 2. The fourth-order valence-corrected chi connectivity index (χ4v) is 5.26. The summed E-state index contributed by atoms with van der Waals surface area (Å²) in [5.41, 5.74) is 11.6. The third-order valence-electron chi connectivity index (χ3n) is 7.20. The van der Waals surface area contributed by atoms with Gasteiger partial charge in [0.25, 0.3) is 0 Å². The summed E-state index contributed by atoms with van der Waals surface area (Å²) in [5.74, 6) is 0. The van der Waals surface area contributed by atoms with Crippen LogP contribution in [0.2, 0.25) is 0 Å². The zero-order chi connectivity index (χ0) is 25.3. The van der Waals surface area contributed by atoms with E-state index in [4.69, 9.17) is 0 Å². The highest BCUT2D eigenvalue weighted by molar-refractivity contribution is 5.82. The molecule has 2 heteroatoms. The van der Waals surface area contributed by atoms with Crippen molar-refractivity contribution in [1.29, 1.82) is 0 Å². The van der Waals surface area contributed by atoms with Crippen molar-refractivity contribution in [3.8, 4) is 22.3 Å². The standard InChI is InChI=1S/C36H26N2/c1-3-7-31(8-4-1)37-33-19-11-27(12-20-33)29-15-23-35(24-16-29)38(32-9-5-2-6-10-32)36-25-17-30(18-26-36)28-13-21-34(37)22-14-28/h1-26H. The highest BCUT2D eigenvalue weighted by atomic mass is 15.1. The first-order chi connectivity index (χ1) is 18.8. The van der Waals surface area contributed by atoms with E-state index >= 15 is 0 Å². The van der Waals surface area contributed by atoms with Gasteiger partial charge in [-0.2, -0.15) is 0 Å². The first kappa shape index (κ1) is 22.1. The normalized spacial score (nSPS) is 12.1. The Hall–Kier alpha value is -5.08. The fourth-order valence-electron chi connectivity index (χ4n) is 5.26. The molecule has 38 heavy (non-hydrogen) atoms. The van der Waals surface area contributed by atoms with Crippen molar-refractivity contribution in [3.63, 3.8) is 0 Å². The SMILES string of the molecule is c1ccc(N2c3ccc(cc3)-c3ccc(cc3)N(c3ccccc3)c3ccc(cc3)-c3ccc2cc3)cc1. The second-order valence-electron chi connectivity index (χ2n) is 9.53. The van der Waals surface area contributed by atoms with Crippen molar-refractivity contribution in [2.45, 2.75) is 0 Å². The summed E-state index contributed by atoms with van der Waals surface area (Å²) in [4.78, 5) is 4.61. The Morgan fingerprint density at radius 1 is 0.211 bits per heavy atom. The van der Waals surface area contributed by atoms with Gasteiger partial charge in [-0.3, -0.25) is 0 Å². The fraction of sp³-hybridized carbons (Fsp3) is 0. The Kier molecular flexibility index (Phi) is 5.49. The third-order valence-corrected chi connectivity index (χ3v) is 7.20. The Morgan fingerprint density at radius 3 is 0.658 bits per heavy atom. The summed E-state index contributed by atoms with van der Waals surface area (Å²) in [5, 5.41) is 0. The van der Waals surface area contributed by atoms with Crippen molar-refractivity contribution in [1.82, 2.24) is 0 Å². The molecule has 0 fully saturated rings. The second-order valence-corrected chi connectivity index (χ2v) is 9.53. The zero-order valence-electron chi connectivity index (χ0n) is 20.9. The van der Waals surface area contributed by atoms with Gasteiger partial charge in [-0.15, -0.1) is 0 Å². The molecule has 7 heterocycles. The molecule has 0 saturated heterocycles. The van der Waals surface area contributed by atoms with Crippen molar-refractivity contribution in [2.24, 2.45) is 0 Å². The lowest BCUT2D eigenvalue weighted by Gasteiger charge is -2.27. The lowest BCUT2D eigenvalue weighted by Crippen LogP contribution is -2.10. The third kappa shape index (κ3) is 4.03. The van der Waals surface area contributed by atoms with Gasteiger partial charge in [0.15, 0.2) is 0 Å². The van der Waals surface area contributed by atoms with E-state index < -0.39 is 0 Å². The molecule has 0 saturated carbocycles. The van der Waals surface area contributed by atoms with Gasteiger partial charge in [-0.25, -0.2) is 0 Å². The molecule has 2 nitrogen and oxygen atoms in total. The van der Waals surface area contributed by atoms with Gasteiger partial charge in [0.05, 0.1) is 0 Å². The maximum atomic E-state index is 2.31. The molecule has 0 amide bonds. The molecule has 0 unspecified atom stereocenters. The van der Waals surface area contributed by atoms with E-state index in [0.717, 1.165) is 34.1 Å². The van der Waals surface area contributed by atoms with Gasteiger partial charge in [0.2, 0.25) is 0 Å². The average molecular weight is 487 g/mol. The lowest BCUT2D eigenvalue weighted by atomic mass is 10.0. The maximum absolute atomic E-state index is 2.31. The van der Waals surface area contributed by atoms with Crippen LogP contribution in [0.3, 0.4) is 0 Å². The molecule has 8 bridgehead atoms. The van der Waals surface area contributed by atoms with Gasteiger partial charge in [0.1, 0.15) is 0 Å². The summed E-state index contributed by atoms with van der Waals surface area (Å²) < 4.78 is 0. The number of nitrogens with zero attached hydrogens (tertiary/aromatic N) is 2. The zero-order valence-corrected chi connectivity index (χ0v) is 20.9. The predicted octanol–water partition coefficient (Wildman–Crippen LogP) is 10.3. The van der Waals surface area contributed by atoms with E-state index in [1.54, 1.807) is 0 Å². The topological polar surface area (TPSA) is 6.48 Å². The Morgan fingerprint density at radius 2 is 0.421 bits per heavy atom. The molecule has 6 aromatic rings. The molecule has 0 aliphatic carbocycles. The summed E-state index contributed by atoms with van der Waals surface area (Å²) in [7, 11) is 0. The maximum Gasteiger partial charge on any atom is 0.0462 e. The van der Waals surface area contributed by atoms with E-state index in [2.05, 4.69) is 168 Å². The van der Waals surface area contributed by atoms with E-state index in [0.29, 0.717) is 0 Å². The summed E-state index contributed by atoms with van der Waals surface area (Å²) >= 11 is 0. The van der Waals surface area contributed by atoms with E-state index in [-0.39, 0.29) is 0 Å². The molecule has 6 aromatic carbocycles. The van der Waals surface area contributed by atoms with Crippen molar-refractivity contribution < 1.29 is 0 Å². The molecule has 0 spiro atoms. The Balaban J connectivity index is 1.42. The first-order valence-corrected chi connectivity index (χ1v) is 12.9. The molecule has 7 aliphatic heterocycles. The average Bonchev–Trinajstić information content (AvgIpc) is 3.00. The van der Waals surface area contributed by atoms with Crippen LogP contribution >= 0.6 is 0 Å². The highest BCUT2D eigenvalue weighted by Gasteiger charge is 2.15. The van der Waals surface area contributed by atoms with Gasteiger partial charge >= 0.3 is 0 Å². The number of hydrogen-bond donors (Lipinski definition) is 0. The van der Waals surface area contributed by atoms with E-state index in [1.165, 1.54) is 22.3 Å². The van der Waals surface area contributed by atoms with E-state index in [1.807, 2.05) is 0 Å². The smallest absolute Gasteiger partial charge is 0.0462 e. The van der Waals surface area contributed by atoms with Crippen LogP contribution in [0.5, 0.6) is 0 Å². The van der Waals surface area contributed by atoms with Crippen LogP contribution in [0.1, 0.15) is 0 Å². The number of hydrogen-bond acceptors (Lipinski definition) is 2. The molecule has 0 radical (unpaired) electrons. The van der Waals surface area contributed by atoms with Crippen LogP contribution in [0.25, 0.3) is 22.3 Å². The molecule has 0 aromatic heterocycles. The molecular weight excluding hydrogens is 460 g/mol. The molecule has 7 aliphatic rings. The predicted molar refractivity (Wildman–Crippen MR) is 160 cm³/mol. The van der Waals surface area contributed by atoms with Gasteiger partial charge in [-0.1, -0.05) is 84.9 Å². The highest BCUT2D eigenvalue weighted by Crippen LogP contribution is 2.39. The van der Waals surface area contributed by atoms with Crippen LogP contribution in [-0.2, 0) is 0 Å². The quantitative estimate of drug-likeness (QED) is 0.240. The monoisotopic (exact) mass is 486 g/mol. The molecule has 0 N–H and O–H groups in total. The molecule has 13 rings (SSSR count). The minimum Gasteiger partial charge on any atom is -0.311 e. The molecular formula is C36H26N2. The number of para-hydroxylation sites is 2. The summed E-state index contributed by atoms with van der Waals surface area (Å²) in [6.45, 7) is 0. The van der Waals surface area contributed by atoms with Crippen molar-refractivity contribution in [2.75, 3.05) is 9.80 Å². The minimum atomic E-state index is 1.13. The van der Waals surface area contributed by atoms with Crippen LogP contribution in [0.4, 0.5) is 34.1 Å². The minimum absolute atomic E-state index is 1.13. The van der Waals surface area contributed by atoms with Crippen LogP contribution < -0.4 is 9.80 Å². The second kappa shape index (κ2) is 9.42. The van der Waals surface area contributed by atoms with Crippen LogP contribution in [-0.4, -0.2) is 0 Å². The van der Waals surface area contributed by atoms with Crippen LogP contribution in [0, 0.1) is 0 Å². The summed E-state index contributed by atoms with van der Waals surface area (Å²) in [6.07, 6.45) is 0. The Labute approximate surface area is 223 Å². The van der Waals surface area contributed by atoms with Crippen molar-refractivity contribution >= 4 is 34.1 Å². The van der Waals surface area contributed by atoms with Crippen molar-refractivity contribution in [3.05, 3.63) is 158 Å². The van der Waals surface area contributed by atoms with E-state index in [9.17, 15) is 0 Å². The Bertz CT molecular complexity index is 1430. The van der Waals surface area contributed by atoms with Gasteiger partial charge in [0, 0.05) is 34.1 Å². The number of benzene rings is 6. The summed E-state index contributed by atoms with van der Waals surface area (Å²) in [6, 6.07) is 56.5. The first-order valence-electron chi connectivity index (χ1n) is 12.9. The van der Waals surface area contributed by atoms with Gasteiger partial charge in [-0.05, 0) is 95.1 Å². The van der Waals surface area contributed by atoms with Gasteiger partial charge < -0.3 is 9.80 Å². The molecule has 0 atom stereocenters.